The molecular weight excluding hydrogens is 330 g/mol. The van der Waals surface area contributed by atoms with Crippen LogP contribution in [0.25, 0.3) is 0 Å². The lowest BCUT2D eigenvalue weighted by molar-refractivity contribution is 0.0528. The number of ether oxygens (including phenoxy) is 1. The van der Waals surface area contributed by atoms with Gasteiger partial charge >= 0.3 is 5.97 Å². The van der Waals surface area contributed by atoms with Crippen LogP contribution >= 0.6 is 34.3 Å². The topological polar surface area (TPSA) is 55.4 Å². The lowest BCUT2D eigenvalue weighted by Gasteiger charge is -2.04. The Labute approximate surface area is 135 Å². The second kappa shape index (κ2) is 7.06. The van der Waals surface area contributed by atoms with Crippen molar-refractivity contribution in [3.8, 4) is 0 Å². The summed E-state index contributed by atoms with van der Waals surface area (Å²) in [6.07, 6.45) is 0.789. The third kappa shape index (κ3) is 3.84. The number of hydrogen-bond acceptors (Lipinski definition) is 5. The molecule has 0 aliphatic rings. The number of hydrogen-bond donors (Lipinski definition) is 1. The minimum absolute atomic E-state index is 0.276. The van der Waals surface area contributed by atoms with Crippen molar-refractivity contribution in [1.82, 2.24) is 0 Å². The van der Waals surface area contributed by atoms with Crippen LogP contribution < -0.4 is 5.32 Å². The molecule has 0 atom stereocenters. The summed E-state index contributed by atoms with van der Waals surface area (Å²) < 4.78 is 5.56. The SMILES string of the molecule is CCOC(=O)c1cc(CC)sc1NC(=O)c1ccc(Cl)s1. The number of amides is 1. The van der Waals surface area contributed by atoms with Crippen LogP contribution in [0.5, 0.6) is 0 Å². The third-order valence-corrected chi connectivity index (χ3v) is 5.08. The average molecular weight is 344 g/mol. The van der Waals surface area contributed by atoms with E-state index in [1.165, 1.54) is 22.7 Å². The highest BCUT2D eigenvalue weighted by atomic mass is 35.5. The fourth-order valence-electron chi connectivity index (χ4n) is 1.67. The van der Waals surface area contributed by atoms with Crippen molar-refractivity contribution in [3.63, 3.8) is 0 Å². The minimum Gasteiger partial charge on any atom is -0.462 e. The molecule has 1 amide bonds. The summed E-state index contributed by atoms with van der Waals surface area (Å²) in [4.78, 5) is 25.6. The van der Waals surface area contributed by atoms with Gasteiger partial charge in [0.1, 0.15) is 5.00 Å². The highest BCUT2D eigenvalue weighted by molar-refractivity contribution is 7.18. The molecule has 0 bridgehead atoms. The summed E-state index contributed by atoms with van der Waals surface area (Å²) >= 11 is 8.40. The number of carbonyl (C=O) groups excluding carboxylic acids is 2. The number of halogens is 1. The normalized spacial score (nSPS) is 10.4. The molecule has 0 radical (unpaired) electrons. The second-order valence-corrected chi connectivity index (χ2v) is 6.94. The van der Waals surface area contributed by atoms with Crippen molar-refractivity contribution in [2.45, 2.75) is 20.3 Å². The first kappa shape index (κ1) is 16.0. The van der Waals surface area contributed by atoms with Crippen LogP contribution in [0.3, 0.4) is 0 Å². The maximum Gasteiger partial charge on any atom is 0.341 e. The first-order valence-corrected chi connectivity index (χ1v) is 8.42. The van der Waals surface area contributed by atoms with E-state index < -0.39 is 5.97 Å². The number of thiophene rings is 2. The van der Waals surface area contributed by atoms with Gasteiger partial charge in [-0.2, -0.15) is 0 Å². The Morgan fingerprint density at radius 1 is 1.29 bits per heavy atom. The molecule has 2 aromatic rings. The number of aryl methyl sites for hydroxylation is 1. The summed E-state index contributed by atoms with van der Waals surface area (Å²) in [6, 6.07) is 5.08. The number of nitrogens with one attached hydrogen (secondary N) is 1. The van der Waals surface area contributed by atoms with Crippen molar-refractivity contribution < 1.29 is 14.3 Å². The van der Waals surface area contributed by atoms with Crippen LogP contribution in [0.15, 0.2) is 18.2 Å². The van der Waals surface area contributed by atoms with Gasteiger partial charge < -0.3 is 10.1 Å². The molecular formula is C14H14ClNO3S2. The maximum atomic E-state index is 12.2. The number of anilines is 1. The molecule has 112 valence electrons. The summed E-state index contributed by atoms with van der Waals surface area (Å²) in [7, 11) is 0. The molecule has 0 aliphatic carbocycles. The van der Waals surface area contributed by atoms with Gasteiger partial charge in [0.05, 0.1) is 21.4 Å². The van der Waals surface area contributed by atoms with Crippen molar-refractivity contribution in [1.29, 1.82) is 0 Å². The van der Waals surface area contributed by atoms with Gasteiger partial charge in [-0.1, -0.05) is 18.5 Å². The van der Waals surface area contributed by atoms with Crippen molar-refractivity contribution in [3.05, 3.63) is 37.9 Å². The predicted molar refractivity (Wildman–Crippen MR) is 86.9 cm³/mol. The predicted octanol–water partition coefficient (Wildman–Crippen LogP) is 4.45. The van der Waals surface area contributed by atoms with E-state index in [0.29, 0.717) is 26.4 Å². The largest absolute Gasteiger partial charge is 0.462 e. The summed E-state index contributed by atoms with van der Waals surface area (Å²) in [6.45, 7) is 4.03. The molecule has 0 aromatic carbocycles. The van der Waals surface area contributed by atoms with E-state index in [1.54, 1.807) is 25.1 Å². The summed E-state index contributed by atoms with van der Waals surface area (Å²) in [5.41, 5.74) is 0.398. The smallest absolute Gasteiger partial charge is 0.341 e. The molecule has 0 fully saturated rings. The molecule has 0 saturated heterocycles. The van der Waals surface area contributed by atoms with Gasteiger partial charge in [-0.05, 0) is 31.5 Å². The molecule has 2 rings (SSSR count). The van der Waals surface area contributed by atoms with Gasteiger partial charge in [-0.15, -0.1) is 22.7 Å². The van der Waals surface area contributed by atoms with Gasteiger partial charge in [0, 0.05) is 4.88 Å². The molecule has 1 N–H and O–H groups in total. The zero-order valence-corrected chi connectivity index (χ0v) is 14.0. The van der Waals surface area contributed by atoms with Gasteiger partial charge in [0.15, 0.2) is 0 Å². The Morgan fingerprint density at radius 3 is 2.62 bits per heavy atom. The number of carbonyl (C=O) groups is 2. The van der Waals surface area contributed by atoms with Crippen LogP contribution in [0.2, 0.25) is 4.34 Å². The van der Waals surface area contributed by atoms with Crippen LogP contribution in [-0.2, 0) is 11.2 Å². The molecule has 0 aliphatic heterocycles. The van der Waals surface area contributed by atoms with Crippen molar-refractivity contribution in [2.24, 2.45) is 0 Å². The second-order valence-electron chi connectivity index (χ2n) is 4.09. The molecule has 7 heteroatoms. The monoisotopic (exact) mass is 343 g/mol. The Hall–Kier alpha value is -1.37. The van der Waals surface area contributed by atoms with Crippen LogP contribution in [0, 0.1) is 0 Å². The van der Waals surface area contributed by atoms with E-state index in [1.807, 2.05) is 6.92 Å². The molecule has 2 heterocycles. The van der Waals surface area contributed by atoms with E-state index >= 15 is 0 Å². The number of rotatable bonds is 5. The Bertz CT molecular complexity index is 663. The Balaban J connectivity index is 2.24. The molecule has 0 saturated carbocycles. The zero-order valence-electron chi connectivity index (χ0n) is 11.6. The van der Waals surface area contributed by atoms with Gasteiger partial charge in [0.2, 0.25) is 0 Å². The fraction of sp³-hybridized carbons (Fsp3) is 0.286. The van der Waals surface area contributed by atoms with E-state index in [0.717, 1.165) is 11.3 Å². The third-order valence-electron chi connectivity index (χ3n) is 2.65. The van der Waals surface area contributed by atoms with E-state index in [-0.39, 0.29) is 5.91 Å². The average Bonchev–Trinajstić information content (AvgIpc) is 3.05. The lowest BCUT2D eigenvalue weighted by atomic mass is 10.2. The minimum atomic E-state index is -0.423. The first-order chi connectivity index (χ1) is 10.0. The van der Waals surface area contributed by atoms with E-state index in [2.05, 4.69) is 5.32 Å². The van der Waals surface area contributed by atoms with Crippen molar-refractivity contribution in [2.75, 3.05) is 11.9 Å². The van der Waals surface area contributed by atoms with E-state index in [4.69, 9.17) is 16.3 Å². The van der Waals surface area contributed by atoms with Crippen LogP contribution in [-0.4, -0.2) is 18.5 Å². The Kier molecular flexibility index (Phi) is 5.39. The molecule has 4 nitrogen and oxygen atoms in total. The molecule has 0 unspecified atom stereocenters. The van der Waals surface area contributed by atoms with Crippen LogP contribution in [0.1, 0.15) is 38.8 Å². The Morgan fingerprint density at radius 2 is 2.05 bits per heavy atom. The zero-order chi connectivity index (χ0) is 15.4. The van der Waals surface area contributed by atoms with E-state index in [9.17, 15) is 9.59 Å². The van der Waals surface area contributed by atoms with Gasteiger partial charge in [-0.25, -0.2) is 4.79 Å². The molecule has 0 spiro atoms. The van der Waals surface area contributed by atoms with Gasteiger partial charge in [-0.3, -0.25) is 4.79 Å². The summed E-state index contributed by atoms with van der Waals surface area (Å²) in [5, 5.41) is 3.28. The van der Waals surface area contributed by atoms with Crippen LogP contribution in [0.4, 0.5) is 5.00 Å². The first-order valence-electron chi connectivity index (χ1n) is 6.41. The van der Waals surface area contributed by atoms with Crippen molar-refractivity contribution >= 4 is 51.2 Å². The molecule has 2 aromatic heterocycles. The van der Waals surface area contributed by atoms with Gasteiger partial charge in [0.25, 0.3) is 5.91 Å². The quantitative estimate of drug-likeness (QED) is 0.816. The number of esters is 1. The maximum absolute atomic E-state index is 12.2. The highest BCUT2D eigenvalue weighted by Crippen LogP contribution is 2.30. The standard InChI is InChI=1S/C14H14ClNO3S2/c1-3-8-7-9(14(18)19-4-2)13(20-8)16-12(17)10-5-6-11(15)21-10/h5-7H,3-4H2,1-2H3,(H,16,17). The highest BCUT2D eigenvalue weighted by Gasteiger charge is 2.19. The molecule has 21 heavy (non-hydrogen) atoms. The fourth-order valence-corrected chi connectivity index (χ4v) is 3.59. The summed E-state index contributed by atoms with van der Waals surface area (Å²) in [5.74, 6) is -0.699. The lowest BCUT2D eigenvalue weighted by Crippen LogP contribution is -2.13.